The van der Waals surface area contributed by atoms with Gasteiger partial charge in [0.1, 0.15) is 0 Å². The maximum atomic E-state index is 12.4. The van der Waals surface area contributed by atoms with E-state index in [2.05, 4.69) is 5.32 Å². The molecule has 0 radical (unpaired) electrons. The van der Waals surface area contributed by atoms with Crippen LogP contribution >= 0.6 is 0 Å². The van der Waals surface area contributed by atoms with Crippen LogP contribution in [0.25, 0.3) is 0 Å². The van der Waals surface area contributed by atoms with Crippen molar-refractivity contribution in [3.63, 3.8) is 0 Å². The first kappa shape index (κ1) is 17.9. The van der Waals surface area contributed by atoms with Crippen molar-refractivity contribution in [1.82, 2.24) is 9.62 Å². The van der Waals surface area contributed by atoms with Crippen LogP contribution in [0.15, 0.2) is 29.2 Å². The van der Waals surface area contributed by atoms with Gasteiger partial charge in [-0.25, -0.2) is 8.42 Å². The maximum absolute atomic E-state index is 12.4. The first-order chi connectivity index (χ1) is 10.7. The Morgan fingerprint density at radius 1 is 1.13 bits per heavy atom. The van der Waals surface area contributed by atoms with Gasteiger partial charge in [-0.05, 0) is 57.7 Å². The molecular weight excluding hydrogens is 312 g/mol. The lowest BCUT2D eigenvalue weighted by molar-refractivity contribution is -0.122. The molecule has 128 valence electrons. The SMILES string of the molecule is CC(C)(C)NC(=O)CCc1ccc(S(=O)(=O)N2CCCC2)cc1. The van der Waals surface area contributed by atoms with Crippen LogP contribution in [0.1, 0.15) is 45.6 Å². The molecule has 1 saturated heterocycles. The standard InChI is InChI=1S/C17H26N2O3S/c1-17(2,3)18-16(20)11-8-14-6-9-15(10-7-14)23(21,22)19-12-4-5-13-19/h6-7,9-10H,4-5,8,11-13H2,1-3H3,(H,18,20). The van der Waals surface area contributed by atoms with Gasteiger partial charge in [0.05, 0.1) is 4.90 Å². The van der Waals surface area contributed by atoms with Crippen molar-refractivity contribution in [3.05, 3.63) is 29.8 Å². The molecule has 6 heteroatoms. The Kier molecular flexibility index (Phi) is 5.47. The van der Waals surface area contributed by atoms with E-state index in [9.17, 15) is 13.2 Å². The van der Waals surface area contributed by atoms with E-state index in [4.69, 9.17) is 0 Å². The number of amides is 1. The van der Waals surface area contributed by atoms with Gasteiger partial charge in [-0.2, -0.15) is 4.31 Å². The lowest BCUT2D eigenvalue weighted by Crippen LogP contribution is -2.40. The first-order valence-corrected chi connectivity index (χ1v) is 9.53. The van der Waals surface area contributed by atoms with Gasteiger partial charge in [0, 0.05) is 25.0 Å². The van der Waals surface area contributed by atoms with Gasteiger partial charge in [-0.3, -0.25) is 4.79 Å². The fourth-order valence-corrected chi connectivity index (χ4v) is 4.16. The molecule has 0 aromatic heterocycles. The summed E-state index contributed by atoms with van der Waals surface area (Å²) in [7, 11) is -3.36. The highest BCUT2D eigenvalue weighted by atomic mass is 32.2. The number of nitrogens with zero attached hydrogens (tertiary/aromatic N) is 1. The number of sulfonamides is 1. The molecule has 0 spiro atoms. The lowest BCUT2D eigenvalue weighted by Gasteiger charge is -2.20. The molecule has 1 aromatic rings. The normalized spacial score (nSPS) is 16.5. The van der Waals surface area contributed by atoms with Crippen molar-refractivity contribution in [1.29, 1.82) is 0 Å². The minimum atomic E-state index is -3.36. The summed E-state index contributed by atoms with van der Waals surface area (Å²) >= 11 is 0. The van der Waals surface area contributed by atoms with Crippen LogP contribution in [0.5, 0.6) is 0 Å². The monoisotopic (exact) mass is 338 g/mol. The van der Waals surface area contributed by atoms with E-state index >= 15 is 0 Å². The minimum Gasteiger partial charge on any atom is -0.351 e. The topological polar surface area (TPSA) is 66.5 Å². The van der Waals surface area contributed by atoms with Crippen LogP contribution in [-0.2, 0) is 21.2 Å². The summed E-state index contributed by atoms with van der Waals surface area (Å²) in [5, 5.41) is 2.92. The highest BCUT2D eigenvalue weighted by Gasteiger charge is 2.26. The molecule has 2 rings (SSSR count). The van der Waals surface area contributed by atoms with E-state index in [1.165, 1.54) is 0 Å². The third-order valence-electron chi connectivity index (χ3n) is 3.78. The maximum Gasteiger partial charge on any atom is 0.243 e. The molecule has 1 aromatic carbocycles. The van der Waals surface area contributed by atoms with Gasteiger partial charge < -0.3 is 5.32 Å². The number of hydrogen-bond donors (Lipinski definition) is 1. The predicted octanol–water partition coefficient (Wildman–Crippen LogP) is 2.32. The highest BCUT2D eigenvalue weighted by Crippen LogP contribution is 2.21. The Labute approximate surface area is 139 Å². The number of carbonyl (C=O) groups is 1. The second-order valence-electron chi connectivity index (χ2n) is 7.05. The Bertz CT molecular complexity index is 639. The van der Waals surface area contributed by atoms with E-state index in [-0.39, 0.29) is 11.4 Å². The van der Waals surface area contributed by atoms with E-state index in [0.29, 0.717) is 30.8 Å². The fraction of sp³-hybridized carbons (Fsp3) is 0.588. The first-order valence-electron chi connectivity index (χ1n) is 8.09. The molecule has 0 saturated carbocycles. The molecule has 0 unspecified atom stereocenters. The van der Waals surface area contributed by atoms with Crippen LogP contribution in [0.2, 0.25) is 0 Å². The van der Waals surface area contributed by atoms with Gasteiger partial charge >= 0.3 is 0 Å². The van der Waals surface area contributed by atoms with Crippen molar-refractivity contribution in [3.8, 4) is 0 Å². The molecular formula is C17H26N2O3S. The van der Waals surface area contributed by atoms with Crippen molar-refractivity contribution in [2.45, 2.75) is 56.9 Å². The van der Waals surface area contributed by atoms with Crippen LogP contribution < -0.4 is 5.32 Å². The average Bonchev–Trinajstić information content (AvgIpc) is 2.98. The van der Waals surface area contributed by atoms with E-state index in [1.807, 2.05) is 20.8 Å². The van der Waals surface area contributed by atoms with Crippen LogP contribution in [-0.4, -0.2) is 37.3 Å². The zero-order valence-electron chi connectivity index (χ0n) is 14.1. The molecule has 1 aliphatic rings. The van der Waals surface area contributed by atoms with Crippen molar-refractivity contribution in [2.24, 2.45) is 0 Å². The van der Waals surface area contributed by atoms with Gasteiger partial charge in [-0.1, -0.05) is 12.1 Å². The molecule has 1 amide bonds. The third kappa shape index (κ3) is 5.04. The summed E-state index contributed by atoms with van der Waals surface area (Å²) in [6, 6.07) is 6.88. The molecule has 0 atom stereocenters. The largest absolute Gasteiger partial charge is 0.351 e. The van der Waals surface area contributed by atoms with Crippen molar-refractivity contribution >= 4 is 15.9 Å². The summed E-state index contributed by atoms with van der Waals surface area (Å²) in [6.07, 6.45) is 2.86. The molecule has 0 aliphatic carbocycles. The Morgan fingerprint density at radius 2 is 1.70 bits per heavy atom. The number of nitrogens with one attached hydrogen (secondary N) is 1. The molecule has 1 N–H and O–H groups in total. The van der Waals surface area contributed by atoms with Crippen LogP contribution in [0, 0.1) is 0 Å². The van der Waals surface area contributed by atoms with Crippen LogP contribution in [0.3, 0.4) is 0 Å². The minimum absolute atomic E-state index is 0.00580. The second-order valence-corrected chi connectivity index (χ2v) is 8.99. The molecule has 1 heterocycles. The predicted molar refractivity (Wildman–Crippen MR) is 90.7 cm³/mol. The van der Waals surface area contributed by atoms with Gasteiger partial charge in [0.15, 0.2) is 0 Å². The third-order valence-corrected chi connectivity index (χ3v) is 5.69. The van der Waals surface area contributed by atoms with E-state index in [1.54, 1.807) is 28.6 Å². The van der Waals surface area contributed by atoms with Gasteiger partial charge in [-0.15, -0.1) is 0 Å². The van der Waals surface area contributed by atoms with E-state index < -0.39 is 10.0 Å². The van der Waals surface area contributed by atoms with Crippen molar-refractivity contribution < 1.29 is 13.2 Å². The zero-order chi connectivity index (χ0) is 17.1. The summed E-state index contributed by atoms with van der Waals surface area (Å²) in [4.78, 5) is 12.2. The van der Waals surface area contributed by atoms with E-state index in [0.717, 1.165) is 18.4 Å². The highest BCUT2D eigenvalue weighted by molar-refractivity contribution is 7.89. The summed E-state index contributed by atoms with van der Waals surface area (Å²) in [6.45, 7) is 7.06. The molecule has 23 heavy (non-hydrogen) atoms. The zero-order valence-corrected chi connectivity index (χ0v) is 14.9. The quantitative estimate of drug-likeness (QED) is 0.896. The number of hydrogen-bond acceptors (Lipinski definition) is 3. The lowest BCUT2D eigenvalue weighted by atomic mass is 10.1. The number of benzene rings is 1. The average molecular weight is 338 g/mol. The summed E-state index contributed by atoms with van der Waals surface area (Å²) < 4.78 is 26.4. The Morgan fingerprint density at radius 3 is 2.22 bits per heavy atom. The summed E-state index contributed by atoms with van der Waals surface area (Å²) in [5.74, 6) is 0.00580. The Hall–Kier alpha value is -1.40. The summed E-state index contributed by atoms with van der Waals surface area (Å²) in [5.41, 5.74) is 0.736. The van der Waals surface area contributed by atoms with Gasteiger partial charge in [0.2, 0.25) is 15.9 Å². The van der Waals surface area contributed by atoms with Crippen molar-refractivity contribution in [2.75, 3.05) is 13.1 Å². The fourth-order valence-electron chi connectivity index (χ4n) is 2.64. The molecule has 1 aliphatic heterocycles. The number of aryl methyl sites for hydroxylation is 1. The van der Waals surface area contributed by atoms with Gasteiger partial charge in [0.25, 0.3) is 0 Å². The Balaban J connectivity index is 1.96. The molecule has 5 nitrogen and oxygen atoms in total. The molecule has 1 fully saturated rings. The molecule has 0 bridgehead atoms. The number of rotatable bonds is 5. The second kappa shape index (κ2) is 7.01. The smallest absolute Gasteiger partial charge is 0.243 e. The number of carbonyl (C=O) groups excluding carboxylic acids is 1. The van der Waals surface area contributed by atoms with Crippen LogP contribution in [0.4, 0.5) is 0 Å².